The predicted molar refractivity (Wildman–Crippen MR) is 76.0 cm³/mol. The first-order chi connectivity index (χ1) is 8.66. The molecule has 1 aromatic carbocycles. The number of nitrogens with two attached hydrogens (primary N) is 1. The number of para-hydroxylation sites is 1. The third kappa shape index (κ3) is 3.23. The second kappa shape index (κ2) is 5.87. The standard InChI is InChI=1S/C14H22N4/c1-17(2)13-8-10-18(11-9-13)14(15)16-12-6-4-3-5-7-12/h3-7,13H,8-11H2,1-2H3,(H2,15,16). The Kier molecular flexibility index (Phi) is 4.20. The number of guanidine groups is 1. The van der Waals surface area contributed by atoms with Gasteiger partial charge in [0.1, 0.15) is 0 Å². The van der Waals surface area contributed by atoms with Gasteiger partial charge < -0.3 is 15.5 Å². The number of piperidine rings is 1. The zero-order chi connectivity index (χ0) is 13.0. The van der Waals surface area contributed by atoms with Crippen LogP contribution in [0.4, 0.5) is 5.69 Å². The van der Waals surface area contributed by atoms with Crippen molar-refractivity contribution in [1.82, 2.24) is 9.80 Å². The first-order valence-electron chi connectivity index (χ1n) is 6.47. The summed E-state index contributed by atoms with van der Waals surface area (Å²) >= 11 is 0. The molecule has 0 unspecified atom stereocenters. The van der Waals surface area contributed by atoms with Crippen LogP contribution in [0.5, 0.6) is 0 Å². The summed E-state index contributed by atoms with van der Waals surface area (Å²) in [5.74, 6) is 0.637. The molecule has 4 nitrogen and oxygen atoms in total. The Morgan fingerprint density at radius 1 is 1.22 bits per heavy atom. The predicted octanol–water partition coefficient (Wildman–Crippen LogP) is 1.66. The van der Waals surface area contributed by atoms with Gasteiger partial charge in [-0.2, -0.15) is 0 Å². The van der Waals surface area contributed by atoms with Gasteiger partial charge in [0, 0.05) is 19.1 Å². The molecule has 2 N–H and O–H groups in total. The van der Waals surface area contributed by atoms with Gasteiger partial charge in [0.25, 0.3) is 0 Å². The second-order valence-electron chi connectivity index (χ2n) is 4.99. The summed E-state index contributed by atoms with van der Waals surface area (Å²) < 4.78 is 0. The Balaban J connectivity index is 1.95. The molecule has 0 spiro atoms. The van der Waals surface area contributed by atoms with Crippen LogP contribution in [0.25, 0.3) is 0 Å². The summed E-state index contributed by atoms with van der Waals surface area (Å²) in [6.45, 7) is 1.98. The van der Waals surface area contributed by atoms with Crippen molar-refractivity contribution >= 4 is 11.6 Å². The van der Waals surface area contributed by atoms with E-state index in [9.17, 15) is 0 Å². The van der Waals surface area contributed by atoms with E-state index in [1.807, 2.05) is 30.3 Å². The van der Waals surface area contributed by atoms with E-state index in [4.69, 9.17) is 5.73 Å². The molecule has 0 aromatic heterocycles. The van der Waals surface area contributed by atoms with Crippen LogP contribution >= 0.6 is 0 Å². The maximum absolute atomic E-state index is 6.06. The Hall–Kier alpha value is -1.55. The lowest BCUT2D eigenvalue weighted by Crippen LogP contribution is -2.47. The summed E-state index contributed by atoms with van der Waals surface area (Å²) in [4.78, 5) is 8.93. The summed E-state index contributed by atoms with van der Waals surface area (Å²) in [6, 6.07) is 10.6. The van der Waals surface area contributed by atoms with E-state index in [0.29, 0.717) is 12.0 Å². The minimum absolute atomic E-state index is 0.637. The third-order valence-corrected chi connectivity index (χ3v) is 3.52. The summed E-state index contributed by atoms with van der Waals surface area (Å²) in [5, 5.41) is 0. The van der Waals surface area contributed by atoms with E-state index >= 15 is 0 Å². The van der Waals surface area contributed by atoms with Crippen LogP contribution in [0.3, 0.4) is 0 Å². The van der Waals surface area contributed by atoms with E-state index in [1.165, 1.54) is 0 Å². The van der Waals surface area contributed by atoms with Crippen molar-refractivity contribution < 1.29 is 0 Å². The van der Waals surface area contributed by atoms with Gasteiger partial charge in [0.05, 0.1) is 5.69 Å². The van der Waals surface area contributed by atoms with E-state index in [1.54, 1.807) is 0 Å². The highest BCUT2D eigenvalue weighted by molar-refractivity contribution is 5.81. The zero-order valence-corrected chi connectivity index (χ0v) is 11.2. The van der Waals surface area contributed by atoms with Gasteiger partial charge in [-0.05, 0) is 39.1 Å². The molecule has 1 heterocycles. The summed E-state index contributed by atoms with van der Waals surface area (Å²) in [7, 11) is 4.28. The average molecular weight is 246 g/mol. The average Bonchev–Trinajstić information content (AvgIpc) is 2.40. The normalized spacial score (nSPS) is 18.4. The van der Waals surface area contributed by atoms with Crippen LogP contribution in [0, 0.1) is 0 Å². The Bertz CT molecular complexity index is 392. The van der Waals surface area contributed by atoms with Gasteiger partial charge in [-0.25, -0.2) is 4.99 Å². The smallest absolute Gasteiger partial charge is 0.196 e. The van der Waals surface area contributed by atoms with Crippen molar-refractivity contribution in [3.05, 3.63) is 30.3 Å². The quantitative estimate of drug-likeness (QED) is 0.637. The molecule has 18 heavy (non-hydrogen) atoms. The lowest BCUT2D eigenvalue weighted by Gasteiger charge is -2.35. The minimum atomic E-state index is 0.637. The van der Waals surface area contributed by atoms with Crippen LogP contribution < -0.4 is 5.73 Å². The lowest BCUT2D eigenvalue weighted by atomic mass is 10.0. The summed E-state index contributed by atoms with van der Waals surface area (Å²) in [6.07, 6.45) is 2.30. The molecule has 0 amide bonds. The van der Waals surface area contributed by atoms with Crippen LogP contribution in [-0.2, 0) is 0 Å². The molecule has 1 fully saturated rings. The molecule has 1 aromatic rings. The third-order valence-electron chi connectivity index (χ3n) is 3.52. The molecular weight excluding hydrogens is 224 g/mol. The number of likely N-dealkylation sites (tertiary alicyclic amines) is 1. The highest BCUT2D eigenvalue weighted by Gasteiger charge is 2.21. The SMILES string of the molecule is CN(C)C1CCN(C(N)=Nc2ccccc2)CC1. The summed E-state index contributed by atoms with van der Waals surface area (Å²) in [5.41, 5.74) is 6.99. The lowest BCUT2D eigenvalue weighted by molar-refractivity contribution is 0.190. The van der Waals surface area contributed by atoms with Crippen LogP contribution in [0.15, 0.2) is 35.3 Å². The van der Waals surface area contributed by atoms with Gasteiger partial charge in [0.15, 0.2) is 5.96 Å². The monoisotopic (exact) mass is 246 g/mol. The first kappa shape index (κ1) is 12.9. The van der Waals surface area contributed by atoms with Crippen molar-refractivity contribution in [2.45, 2.75) is 18.9 Å². The molecule has 98 valence electrons. The fourth-order valence-corrected chi connectivity index (χ4v) is 2.32. The minimum Gasteiger partial charge on any atom is -0.369 e. The number of aliphatic imine (C=N–C) groups is 1. The van der Waals surface area contributed by atoms with Crippen molar-refractivity contribution in [3.63, 3.8) is 0 Å². The number of hydrogen-bond donors (Lipinski definition) is 1. The number of hydrogen-bond acceptors (Lipinski definition) is 2. The first-order valence-corrected chi connectivity index (χ1v) is 6.47. The Morgan fingerprint density at radius 3 is 2.39 bits per heavy atom. The molecule has 1 aliphatic rings. The van der Waals surface area contributed by atoms with E-state index < -0.39 is 0 Å². The van der Waals surface area contributed by atoms with Crippen LogP contribution in [-0.4, -0.2) is 49.0 Å². The van der Waals surface area contributed by atoms with Gasteiger partial charge in [-0.3, -0.25) is 0 Å². The molecule has 0 radical (unpaired) electrons. The molecule has 0 atom stereocenters. The van der Waals surface area contributed by atoms with Crippen LogP contribution in [0.1, 0.15) is 12.8 Å². The van der Waals surface area contributed by atoms with Gasteiger partial charge >= 0.3 is 0 Å². The maximum atomic E-state index is 6.06. The fraction of sp³-hybridized carbons (Fsp3) is 0.500. The highest BCUT2D eigenvalue weighted by Crippen LogP contribution is 2.15. The van der Waals surface area contributed by atoms with Crippen molar-refractivity contribution in [2.75, 3.05) is 27.2 Å². The highest BCUT2D eigenvalue weighted by atomic mass is 15.3. The molecule has 0 aliphatic carbocycles. The van der Waals surface area contributed by atoms with Gasteiger partial charge in [-0.15, -0.1) is 0 Å². The number of rotatable bonds is 2. The maximum Gasteiger partial charge on any atom is 0.196 e. The molecule has 0 bridgehead atoms. The number of benzene rings is 1. The topological polar surface area (TPSA) is 44.9 Å². The van der Waals surface area contributed by atoms with E-state index in [-0.39, 0.29) is 0 Å². The Labute approximate surface area is 109 Å². The van der Waals surface area contributed by atoms with Gasteiger partial charge in [0.2, 0.25) is 0 Å². The van der Waals surface area contributed by atoms with E-state index in [0.717, 1.165) is 31.6 Å². The van der Waals surface area contributed by atoms with Gasteiger partial charge in [-0.1, -0.05) is 18.2 Å². The molecule has 1 aliphatic heterocycles. The van der Waals surface area contributed by atoms with Crippen LogP contribution in [0.2, 0.25) is 0 Å². The fourth-order valence-electron chi connectivity index (χ4n) is 2.32. The Morgan fingerprint density at radius 2 is 1.83 bits per heavy atom. The molecule has 2 rings (SSSR count). The number of nitrogens with zero attached hydrogens (tertiary/aromatic N) is 3. The second-order valence-corrected chi connectivity index (χ2v) is 4.99. The molecule has 0 saturated carbocycles. The van der Waals surface area contributed by atoms with Crippen molar-refractivity contribution in [3.8, 4) is 0 Å². The van der Waals surface area contributed by atoms with E-state index in [2.05, 4.69) is 28.9 Å². The van der Waals surface area contributed by atoms with Crippen molar-refractivity contribution in [1.29, 1.82) is 0 Å². The molecule has 1 saturated heterocycles. The molecular formula is C14H22N4. The van der Waals surface area contributed by atoms with Crippen molar-refractivity contribution in [2.24, 2.45) is 10.7 Å². The molecule has 4 heteroatoms. The largest absolute Gasteiger partial charge is 0.369 e. The zero-order valence-electron chi connectivity index (χ0n) is 11.2.